The quantitative estimate of drug-likeness (QED) is 0.805. The first kappa shape index (κ1) is 8.94. The molecule has 1 fully saturated rings. The van der Waals surface area contributed by atoms with Gasteiger partial charge in [-0.1, -0.05) is 25.2 Å². The Morgan fingerprint density at radius 3 is 2.92 bits per heavy atom. The molecule has 72 valence electrons. The fraction of sp³-hybridized carbons (Fsp3) is 0.778. The lowest BCUT2D eigenvalue weighted by Gasteiger charge is -1.95. The molecular formula is C9H15N3S. The van der Waals surface area contributed by atoms with Crippen LogP contribution in [-0.4, -0.2) is 16.2 Å². The minimum atomic E-state index is 0.655. The molecule has 0 bridgehead atoms. The Morgan fingerprint density at radius 2 is 2.31 bits per heavy atom. The Labute approximate surface area is 82.6 Å². The van der Waals surface area contributed by atoms with Crippen molar-refractivity contribution in [2.45, 2.75) is 39.2 Å². The summed E-state index contributed by atoms with van der Waals surface area (Å²) < 4.78 is 0. The van der Waals surface area contributed by atoms with Gasteiger partial charge < -0.3 is 5.32 Å². The van der Waals surface area contributed by atoms with Crippen molar-refractivity contribution in [1.82, 2.24) is 10.2 Å². The van der Waals surface area contributed by atoms with E-state index in [9.17, 15) is 0 Å². The molecule has 2 atom stereocenters. The van der Waals surface area contributed by atoms with Crippen LogP contribution in [-0.2, 0) is 6.42 Å². The summed E-state index contributed by atoms with van der Waals surface area (Å²) in [6.45, 7) is 4.42. The van der Waals surface area contributed by atoms with Gasteiger partial charge in [0.2, 0.25) is 5.13 Å². The van der Waals surface area contributed by atoms with Gasteiger partial charge in [-0.25, -0.2) is 0 Å². The van der Waals surface area contributed by atoms with Gasteiger partial charge in [0.15, 0.2) is 0 Å². The average molecular weight is 197 g/mol. The van der Waals surface area contributed by atoms with Crippen molar-refractivity contribution in [2.24, 2.45) is 5.92 Å². The van der Waals surface area contributed by atoms with E-state index in [-0.39, 0.29) is 0 Å². The predicted octanol–water partition coefficient (Wildman–Crippen LogP) is 2.31. The van der Waals surface area contributed by atoms with Gasteiger partial charge in [-0.15, -0.1) is 10.2 Å². The molecule has 0 radical (unpaired) electrons. The van der Waals surface area contributed by atoms with Gasteiger partial charge in [0.25, 0.3) is 0 Å². The fourth-order valence-electron chi connectivity index (χ4n) is 1.31. The maximum Gasteiger partial charge on any atom is 0.205 e. The van der Waals surface area contributed by atoms with E-state index in [4.69, 9.17) is 0 Å². The van der Waals surface area contributed by atoms with E-state index < -0.39 is 0 Å². The van der Waals surface area contributed by atoms with Gasteiger partial charge in [-0.05, 0) is 18.8 Å². The Balaban J connectivity index is 1.89. The highest BCUT2D eigenvalue weighted by molar-refractivity contribution is 7.15. The van der Waals surface area contributed by atoms with Crippen LogP contribution < -0.4 is 5.32 Å². The second-order valence-electron chi connectivity index (χ2n) is 3.71. The maximum atomic E-state index is 4.12. The van der Waals surface area contributed by atoms with Crippen molar-refractivity contribution < 1.29 is 0 Å². The van der Waals surface area contributed by atoms with Crippen molar-refractivity contribution >= 4 is 16.5 Å². The zero-order valence-electron chi connectivity index (χ0n) is 8.08. The normalized spacial score (nSPS) is 26.0. The molecule has 1 aliphatic carbocycles. The largest absolute Gasteiger partial charge is 0.357 e. The van der Waals surface area contributed by atoms with Crippen LogP contribution in [0.5, 0.6) is 0 Å². The maximum absolute atomic E-state index is 4.12. The molecule has 0 amide bonds. The summed E-state index contributed by atoms with van der Waals surface area (Å²) in [6.07, 6.45) is 3.48. The van der Waals surface area contributed by atoms with Crippen LogP contribution in [0.2, 0.25) is 0 Å². The van der Waals surface area contributed by atoms with E-state index in [2.05, 4.69) is 29.4 Å². The molecule has 0 unspecified atom stereocenters. The summed E-state index contributed by atoms with van der Waals surface area (Å²) in [5.74, 6) is 0.818. The van der Waals surface area contributed by atoms with Crippen molar-refractivity contribution in [3.8, 4) is 0 Å². The molecule has 1 aliphatic rings. The number of nitrogens with one attached hydrogen (secondary N) is 1. The van der Waals surface area contributed by atoms with E-state index in [1.54, 1.807) is 11.3 Å². The number of aryl methyl sites for hydroxylation is 1. The highest BCUT2D eigenvalue weighted by Crippen LogP contribution is 2.33. The van der Waals surface area contributed by atoms with Crippen molar-refractivity contribution in [3.63, 3.8) is 0 Å². The lowest BCUT2D eigenvalue weighted by Crippen LogP contribution is -2.02. The highest BCUT2D eigenvalue weighted by atomic mass is 32.1. The molecule has 0 spiro atoms. The number of nitrogens with zero attached hydrogens (tertiary/aromatic N) is 2. The smallest absolute Gasteiger partial charge is 0.205 e. The van der Waals surface area contributed by atoms with Crippen LogP contribution in [0.4, 0.5) is 5.13 Å². The molecule has 2 rings (SSSR count). The summed E-state index contributed by atoms with van der Waals surface area (Å²) in [7, 11) is 0. The third kappa shape index (κ3) is 2.18. The zero-order chi connectivity index (χ0) is 9.26. The summed E-state index contributed by atoms with van der Waals surface area (Å²) in [5.41, 5.74) is 0. The van der Waals surface area contributed by atoms with Gasteiger partial charge in [-0.3, -0.25) is 0 Å². The third-order valence-corrected chi connectivity index (χ3v) is 3.26. The van der Waals surface area contributed by atoms with Gasteiger partial charge in [0.05, 0.1) is 0 Å². The molecule has 4 heteroatoms. The van der Waals surface area contributed by atoms with Gasteiger partial charge in [-0.2, -0.15) is 0 Å². The summed E-state index contributed by atoms with van der Waals surface area (Å²) in [5, 5.41) is 13.8. The first-order valence-electron chi connectivity index (χ1n) is 4.88. The molecule has 1 aromatic rings. The molecule has 1 heterocycles. The van der Waals surface area contributed by atoms with Gasteiger partial charge in [0, 0.05) is 12.5 Å². The zero-order valence-corrected chi connectivity index (χ0v) is 8.90. The predicted molar refractivity (Wildman–Crippen MR) is 55.1 cm³/mol. The van der Waals surface area contributed by atoms with Crippen LogP contribution in [0.1, 0.15) is 31.7 Å². The molecule has 0 saturated heterocycles. The van der Waals surface area contributed by atoms with E-state index >= 15 is 0 Å². The Morgan fingerprint density at radius 1 is 1.54 bits per heavy atom. The van der Waals surface area contributed by atoms with Gasteiger partial charge in [0.1, 0.15) is 5.01 Å². The first-order valence-corrected chi connectivity index (χ1v) is 5.70. The average Bonchev–Trinajstić information content (AvgIpc) is 2.63. The summed E-state index contributed by atoms with van der Waals surface area (Å²) in [6, 6.07) is 0.655. The highest BCUT2D eigenvalue weighted by Gasteiger charge is 2.33. The summed E-state index contributed by atoms with van der Waals surface area (Å²) in [4.78, 5) is 0. The van der Waals surface area contributed by atoms with E-state index in [0.717, 1.165) is 28.9 Å². The molecule has 1 N–H and O–H groups in total. The van der Waals surface area contributed by atoms with Crippen molar-refractivity contribution in [3.05, 3.63) is 5.01 Å². The minimum Gasteiger partial charge on any atom is -0.357 e. The molecule has 13 heavy (non-hydrogen) atoms. The topological polar surface area (TPSA) is 37.8 Å². The standard InChI is InChI=1S/C9H15N3S/c1-3-4-8-11-12-9(13-8)10-7-5-6(7)2/h6-7H,3-5H2,1-2H3,(H,10,12)/t6-,7-/m1/s1. The van der Waals surface area contributed by atoms with Crippen LogP contribution in [0, 0.1) is 5.92 Å². The van der Waals surface area contributed by atoms with Crippen molar-refractivity contribution in [1.29, 1.82) is 0 Å². The van der Waals surface area contributed by atoms with Crippen LogP contribution >= 0.6 is 11.3 Å². The number of anilines is 1. The van der Waals surface area contributed by atoms with Gasteiger partial charge >= 0.3 is 0 Å². The van der Waals surface area contributed by atoms with Crippen LogP contribution in [0.25, 0.3) is 0 Å². The second-order valence-corrected chi connectivity index (χ2v) is 4.78. The molecule has 0 aromatic carbocycles. The lowest BCUT2D eigenvalue weighted by atomic mass is 10.4. The third-order valence-electron chi connectivity index (χ3n) is 2.35. The Hall–Kier alpha value is -0.640. The molecule has 1 aromatic heterocycles. The van der Waals surface area contributed by atoms with E-state index in [1.807, 2.05) is 0 Å². The second kappa shape index (κ2) is 3.62. The van der Waals surface area contributed by atoms with Crippen molar-refractivity contribution in [2.75, 3.05) is 5.32 Å². The molecular weight excluding hydrogens is 182 g/mol. The Kier molecular flexibility index (Phi) is 2.49. The number of rotatable bonds is 4. The fourth-order valence-corrected chi connectivity index (χ4v) is 2.21. The van der Waals surface area contributed by atoms with Crippen LogP contribution in [0.15, 0.2) is 0 Å². The summed E-state index contributed by atoms with van der Waals surface area (Å²) >= 11 is 1.69. The minimum absolute atomic E-state index is 0.655. The number of hydrogen-bond acceptors (Lipinski definition) is 4. The van der Waals surface area contributed by atoms with E-state index in [1.165, 1.54) is 6.42 Å². The molecule has 0 aliphatic heterocycles. The molecule has 1 saturated carbocycles. The van der Waals surface area contributed by atoms with Crippen LogP contribution in [0.3, 0.4) is 0 Å². The lowest BCUT2D eigenvalue weighted by molar-refractivity contribution is 0.874. The SMILES string of the molecule is CCCc1nnc(N[C@@H]2C[C@H]2C)s1. The first-order chi connectivity index (χ1) is 6.29. The molecule has 3 nitrogen and oxygen atoms in total. The number of aromatic nitrogens is 2. The Bertz CT molecular complexity index is 284. The number of hydrogen-bond donors (Lipinski definition) is 1. The monoisotopic (exact) mass is 197 g/mol. The van der Waals surface area contributed by atoms with E-state index in [0.29, 0.717) is 6.04 Å².